The molecule has 2 aromatic heterocycles. The molecule has 0 saturated heterocycles. The van der Waals surface area contributed by atoms with E-state index in [1.165, 1.54) is 19.1 Å². The normalized spacial score (nSPS) is 11.0. The van der Waals surface area contributed by atoms with Gasteiger partial charge < -0.3 is 0 Å². The van der Waals surface area contributed by atoms with Gasteiger partial charge in [-0.1, -0.05) is 6.07 Å². The fourth-order valence-electron chi connectivity index (χ4n) is 2.15. The fraction of sp³-hybridized carbons (Fsp3) is 0.0714. The van der Waals surface area contributed by atoms with Crippen LogP contribution in [0.4, 0.5) is 13.2 Å². The zero-order valence-electron chi connectivity index (χ0n) is 10.8. The SMILES string of the molecule is Cc1nc(F)nc2c1ccc(=O)n2-c1c(F)cccc1F. The molecule has 21 heavy (non-hydrogen) atoms. The van der Waals surface area contributed by atoms with E-state index in [0.29, 0.717) is 9.95 Å². The van der Waals surface area contributed by atoms with Crippen molar-refractivity contribution in [1.29, 1.82) is 0 Å². The molecule has 0 amide bonds. The van der Waals surface area contributed by atoms with Gasteiger partial charge in [0, 0.05) is 11.5 Å². The molecule has 3 rings (SSSR count). The van der Waals surface area contributed by atoms with Crippen LogP contribution in [0.5, 0.6) is 0 Å². The molecule has 0 fully saturated rings. The zero-order chi connectivity index (χ0) is 15.1. The summed E-state index contributed by atoms with van der Waals surface area (Å²) in [5, 5.41) is 0.332. The molecule has 2 heterocycles. The van der Waals surface area contributed by atoms with Crippen LogP contribution in [0, 0.1) is 24.6 Å². The Kier molecular flexibility index (Phi) is 2.97. The van der Waals surface area contributed by atoms with Crippen LogP contribution < -0.4 is 5.56 Å². The lowest BCUT2D eigenvalue weighted by Crippen LogP contribution is -2.21. The highest BCUT2D eigenvalue weighted by Gasteiger charge is 2.17. The number of aromatic nitrogens is 3. The van der Waals surface area contributed by atoms with Gasteiger partial charge in [-0.25, -0.2) is 13.8 Å². The Balaban J connectivity index is 2.53. The summed E-state index contributed by atoms with van der Waals surface area (Å²) in [5.74, 6) is -1.89. The van der Waals surface area contributed by atoms with Crippen LogP contribution in [0.15, 0.2) is 35.1 Å². The van der Waals surface area contributed by atoms with E-state index < -0.39 is 29.0 Å². The first-order chi connectivity index (χ1) is 9.99. The van der Waals surface area contributed by atoms with Crippen LogP contribution >= 0.6 is 0 Å². The van der Waals surface area contributed by atoms with Crippen molar-refractivity contribution in [2.24, 2.45) is 0 Å². The summed E-state index contributed by atoms with van der Waals surface area (Å²) in [4.78, 5) is 19.0. The Morgan fingerprint density at radius 1 is 1.00 bits per heavy atom. The second kappa shape index (κ2) is 4.69. The average molecular weight is 291 g/mol. The molecular formula is C14H8F3N3O. The van der Waals surface area contributed by atoms with Gasteiger partial charge in [-0.3, -0.25) is 9.36 Å². The molecule has 106 valence electrons. The number of para-hydroxylation sites is 1. The predicted octanol–water partition coefficient (Wildman–Crippen LogP) is 2.51. The van der Waals surface area contributed by atoms with Crippen molar-refractivity contribution in [2.45, 2.75) is 6.92 Å². The van der Waals surface area contributed by atoms with Crippen molar-refractivity contribution in [1.82, 2.24) is 14.5 Å². The quantitative estimate of drug-likeness (QED) is 0.647. The summed E-state index contributed by atoms with van der Waals surface area (Å²) in [6.45, 7) is 1.51. The minimum atomic E-state index is -1.07. The molecule has 0 N–H and O–H groups in total. The van der Waals surface area contributed by atoms with Crippen LogP contribution in [-0.4, -0.2) is 14.5 Å². The highest BCUT2D eigenvalue weighted by atomic mass is 19.1. The van der Waals surface area contributed by atoms with Gasteiger partial charge in [-0.15, -0.1) is 0 Å². The van der Waals surface area contributed by atoms with Gasteiger partial charge in [-0.2, -0.15) is 9.37 Å². The average Bonchev–Trinajstić information content (AvgIpc) is 2.40. The molecule has 0 aliphatic heterocycles. The third-order valence-corrected chi connectivity index (χ3v) is 3.07. The van der Waals surface area contributed by atoms with Crippen molar-refractivity contribution < 1.29 is 13.2 Å². The van der Waals surface area contributed by atoms with Crippen LogP contribution in [-0.2, 0) is 0 Å². The van der Waals surface area contributed by atoms with Crippen LogP contribution in [0.1, 0.15) is 5.69 Å². The second-order valence-corrected chi connectivity index (χ2v) is 4.39. The van der Waals surface area contributed by atoms with Gasteiger partial charge in [0.2, 0.25) is 0 Å². The maximum Gasteiger partial charge on any atom is 0.310 e. The fourth-order valence-corrected chi connectivity index (χ4v) is 2.15. The maximum absolute atomic E-state index is 13.9. The summed E-state index contributed by atoms with van der Waals surface area (Å²) in [6, 6.07) is 5.71. The topological polar surface area (TPSA) is 47.8 Å². The van der Waals surface area contributed by atoms with Gasteiger partial charge in [0.25, 0.3) is 5.56 Å². The first kappa shape index (κ1) is 13.3. The molecule has 3 aromatic rings. The van der Waals surface area contributed by atoms with Crippen molar-refractivity contribution in [2.75, 3.05) is 0 Å². The van der Waals surface area contributed by atoms with Gasteiger partial charge in [0.05, 0.1) is 5.69 Å². The summed E-state index contributed by atoms with van der Waals surface area (Å²) in [7, 11) is 0. The zero-order valence-corrected chi connectivity index (χ0v) is 10.8. The highest BCUT2D eigenvalue weighted by molar-refractivity contribution is 5.78. The number of rotatable bonds is 1. The number of hydrogen-bond donors (Lipinski definition) is 0. The number of fused-ring (bicyclic) bond motifs is 1. The molecule has 1 aromatic carbocycles. The van der Waals surface area contributed by atoms with E-state index >= 15 is 0 Å². The minimum absolute atomic E-state index is 0.184. The van der Waals surface area contributed by atoms with Crippen molar-refractivity contribution in [3.63, 3.8) is 0 Å². The molecule has 0 unspecified atom stereocenters. The number of aryl methyl sites for hydroxylation is 1. The van der Waals surface area contributed by atoms with E-state index in [9.17, 15) is 18.0 Å². The second-order valence-electron chi connectivity index (χ2n) is 4.39. The third-order valence-electron chi connectivity index (χ3n) is 3.07. The lowest BCUT2D eigenvalue weighted by atomic mass is 10.2. The number of hydrogen-bond acceptors (Lipinski definition) is 3. The summed E-state index contributed by atoms with van der Waals surface area (Å²) in [5.41, 5.74) is -1.23. The molecule has 0 bridgehead atoms. The Labute approximate surface area is 116 Å². The minimum Gasteiger partial charge on any atom is -0.269 e. The lowest BCUT2D eigenvalue weighted by Gasteiger charge is -2.11. The van der Waals surface area contributed by atoms with E-state index in [1.807, 2.05) is 0 Å². The molecule has 0 radical (unpaired) electrons. The van der Waals surface area contributed by atoms with E-state index in [2.05, 4.69) is 9.97 Å². The standard InChI is InChI=1S/C14H8F3N3O/c1-7-8-5-6-11(21)20(13(8)19-14(17)18-7)12-9(15)3-2-4-10(12)16/h2-6H,1H3. The van der Waals surface area contributed by atoms with Crippen LogP contribution in [0.3, 0.4) is 0 Å². The Hall–Kier alpha value is -2.70. The summed E-state index contributed by atoms with van der Waals surface area (Å²) >= 11 is 0. The number of nitrogens with zero attached hydrogens (tertiary/aromatic N) is 3. The van der Waals surface area contributed by atoms with Gasteiger partial charge in [0.1, 0.15) is 17.3 Å². The Bertz CT molecular complexity index is 901. The monoisotopic (exact) mass is 291 g/mol. The molecule has 0 saturated carbocycles. The molecular weight excluding hydrogens is 283 g/mol. The third kappa shape index (κ3) is 2.06. The smallest absolute Gasteiger partial charge is 0.269 e. The molecule has 4 nitrogen and oxygen atoms in total. The highest BCUT2D eigenvalue weighted by Crippen LogP contribution is 2.21. The number of halogens is 3. The van der Waals surface area contributed by atoms with E-state index in [0.717, 1.165) is 18.2 Å². The molecule has 0 spiro atoms. The first-order valence-electron chi connectivity index (χ1n) is 5.99. The van der Waals surface area contributed by atoms with Crippen molar-refractivity contribution in [3.8, 4) is 5.69 Å². The van der Waals surface area contributed by atoms with Gasteiger partial charge in [0.15, 0.2) is 5.65 Å². The molecule has 0 atom stereocenters. The Morgan fingerprint density at radius 2 is 1.67 bits per heavy atom. The summed E-state index contributed by atoms with van der Waals surface area (Å²) < 4.78 is 41.9. The molecule has 7 heteroatoms. The number of benzene rings is 1. The molecule has 0 aliphatic rings. The van der Waals surface area contributed by atoms with E-state index in [1.54, 1.807) is 0 Å². The van der Waals surface area contributed by atoms with E-state index in [4.69, 9.17) is 0 Å². The van der Waals surface area contributed by atoms with Gasteiger partial charge >= 0.3 is 6.08 Å². The number of pyridine rings is 1. The lowest BCUT2D eigenvalue weighted by molar-refractivity contribution is 0.536. The Morgan fingerprint density at radius 3 is 2.33 bits per heavy atom. The van der Waals surface area contributed by atoms with Crippen LogP contribution in [0.2, 0.25) is 0 Å². The van der Waals surface area contributed by atoms with Crippen molar-refractivity contribution >= 4 is 11.0 Å². The largest absolute Gasteiger partial charge is 0.310 e. The van der Waals surface area contributed by atoms with E-state index in [-0.39, 0.29) is 11.3 Å². The first-order valence-corrected chi connectivity index (χ1v) is 5.99. The maximum atomic E-state index is 13.9. The van der Waals surface area contributed by atoms with Crippen molar-refractivity contribution in [3.05, 3.63) is 64.1 Å². The summed E-state index contributed by atoms with van der Waals surface area (Å²) in [6.07, 6.45) is -1.07. The van der Waals surface area contributed by atoms with Crippen LogP contribution in [0.25, 0.3) is 16.7 Å². The van der Waals surface area contributed by atoms with Gasteiger partial charge in [-0.05, 0) is 25.1 Å². The molecule has 0 aliphatic carbocycles. The predicted molar refractivity (Wildman–Crippen MR) is 69.7 cm³/mol.